The first-order valence-corrected chi connectivity index (χ1v) is 11.7. The van der Waals surface area contributed by atoms with Crippen LogP contribution >= 0.6 is 0 Å². The van der Waals surface area contributed by atoms with E-state index in [0.717, 1.165) is 30.4 Å². The van der Waals surface area contributed by atoms with Gasteiger partial charge in [-0.1, -0.05) is 12.1 Å². The van der Waals surface area contributed by atoms with E-state index in [0.29, 0.717) is 36.1 Å². The molecule has 0 unspecified atom stereocenters. The van der Waals surface area contributed by atoms with E-state index in [4.69, 9.17) is 0 Å². The van der Waals surface area contributed by atoms with Gasteiger partial charge in [0.2, 0.25) is 15.7 Å². The van der Waals surface area contributed by atoms with Gasteiger partial charge in [-0.05, 0) is 69.3 Å². The number of carbonyl (C=O) groups excluding carboxylic acids is 1. The van der Waals surface area contributed by atoms with E-state index in [-0.39, 0.29) is 11.9 Å². The average Bonchev–Trinajstić information content (AvgIpc) is 3.40. The van der Waals surface area contributed by atoms with Gasteiger partial charge in [-0.15, -0.1) is 0 Å². The molecular weight excluding hydrogens is 374 g/mol. The number of hydrogen-bond donors (Lipinski definition) is 1. The van der Waals surface area contributed by atoms with Gasteiger partial charge in [0.15, 0.2) is 0 Å². The molecule has 0 atom stereocenters. The van der Waals surface area contributed by atoms with Gasteiger partial charge in [0.05, 0.1) is 12.2 Å². The van der Waals surface area contributed by atoms with E-state index in [1.54, 1.807) is 0 Å². The normalized spacial score (nSPS) is 21.5. The Bertz CT molecular complexity index is 895. The number of anilines is 1. The fraction of sp³-hybridized carbons (Fsp3) is 0.571. The molecular formula is C21H29N3O3S. The third-order valence-corrected chi connectivity index (χ3v) is 7.41. The lowest BCUT2D eigenvalue weighted by atomic mass is 10.0. The molecule has 1 aliphatic carbocycles. The largest absolute Gasteiger partial charge is 0.381 e. The minimum Gasteiger partial charge on any atom is -0.381 e. The number of hydrogen-bond acceptors (Lipinski definition) is 5. The highest BCUT2D eigenvalue weighted by Crippen LogP contribution is 2.45. The SMILES string of the molecule is CN(C)CC(=O)N1CCC(Nc2cccc3c2S(=O)(=O)C=C3CC2CC2)CC1. The summed E-state index contributed by atoms with van der Waals surface area (Å²) < 4.78 is 25.6. The van der Waals surface area contributed by atoms with Gasteiger partial charge in [0, 0.05) is 24.5 Å². The summed E-state index contributed by atoms with van der Waals surface area (Å²) in [5, 5.41) is 4.94. The second kappa shape index (κ2) is 7.52. The highest BCUT2D eigenvalue weighted by atomic mass is 32.2. The summed E-state index contributed by atoms with van der Waals surface area (Å²) >= 11 is 0. The van der Waals surface area contributed by atoms with Crippen LogP contribution in [-0.4, -0.2) is 63.9 Å². The number of benzene rings is 1. The van der Waals surface area contributed by atoms with Crippen LogP contribution in [0.15, 0.2) is 28.5 Å². The molecule has 0 spiro atoms. The Balaban J connectivity index is 1.45. The van der Waals surface area contributed by atoms with Crippen molar-refractivity contribution in [2.24, 2.45) is 5.92 Å². The van der Waals surface area contributed by atoms with E-state index < -0.39 is 9.84 Å². The minimum atomic E-state index is -3.39. The number of likely N-dealkylation sites (tertiary alicyclic amines) is 1. The van der Waals surface area contributed by atoms with E-state index in [2.05, 4.69) is 5.32 Å². The van der Waals surface area contributed by atoms with Crippen molar-refractivity contribution < 1.29 is 13.2 Å². The Morgan fingerprint density at radius 3 is 2.54 bits per heavy atom. The Kier molecular flexibility index (Phi) is 5.22. The van der Waals surface area contributed by atoms with Gasteiger partial charge >= 0.3 is 0 Å². The van der Waals surface area contributed by atoms with Crippen molar-refractivity contribution >= 4 is 27.0 Å². The molecule has 1 aromatic carbocycles. The van der Waals surface area contributed by atoms with Gasteiger partial charge in [-0.25, -0.2) is 8.42 Å². The minimum absolute atomic E-state index is 0.153. The van der Waals surface area contributed by atoms with Gasteiger partial charge in [0.1, 0.15) is 4.90 Å². The molecule has 7 heteroatoms. The monoisotopic (exact) mass is 403 g/mol. The maximum absolute atomic E-state index is 12.8. The van der Waals surface area contributed by atoms with Gasteiger partial charge in [-0.2, -0.15) is 0 Å². The zero-order valence-electron chi connectivity index (χ0n) is 16.6. The van der Waals surface area contributed by atoms with E-state index in [1.165, 1.54) is 18.2 Å². The van der Waals surface area contributed by atoms with Crippen LogP contribution in [0.25, 0.3) is 5.57 Å². The maximum Gasteiger partial charge on any atom is 0.236 e. The highest BCUT2D eigenvalue weighted by molar-refractivity contribution is 7.95. The van der Waals surface area contributed by atoms with Gasteiger partial charge in [-0.3, -0.25) is 4.79 Å². The second-order valence-corrected chi connectivity index (χ2v) is 10.3. The Labute approximate surface area is 167 Å². The molecule has 2 aliphatic heterocycles. The number of piperidine rings is 1. The van der Waals surface area contributed by atoms with E-state index in [9.17, 15) is 13.2 Å². The number of sulfone groups is 1. The van der Waals surface area contributed by atoms with Crippen LogP contribution in [0.5, 0.6) is 0 Å². The van der Waals surface area contributed by atoms with E-state index in [1.807, 2.05) is 42.1 Å². The molecule has 1 aromatic rings. The summed E-state index contributed by atoms with van der Waals surface area (Å²) in [6, 6.07) is 5.92. The molecule has 0 bridgehead atoms. The number of carbonyl (C=O) groups is 1. The Hall–Kier alpha value is -1.86. The lowest BCUT2D eigenvalue weighted by molar-refractivity contribution is -0.132. The van der Waals surface area contributed by atoms with Crippen LogP contribution in [0.1, 0.15) is 37.7 Å². The van der Waals surface area contributed by atoms with Gasteiger partial charge in [0.25, 0.3) is 0 Å². The van der Waals surface area contributed by atoms with Crippen molar-refractivity contribution in [3.05, 3.63) is 29.2 Å². The Morgan fingerprint density at radius 2 is 1.89 bits per heavy atom. The fourth-order valence-electron chi connectivity index (χ4n) is 4.17. The number of nitrogens with zero attached hydrogens (tertiary/aromatic N) is 2. The van der Waals surface area contributed by atoms with Crippen LogP contribution in [0, 0.1) is 5.92 Å². The lowest BCUT2D eigenvalue weighted by Crippen LogP contribution is -2.45. The van der Waals surface area contributed by atoms with Crippen molar-refractivity contribution in [1.82, 2.24) is 9.80 Å². The van der Waals surface area contributed by atoms with Gasteiger partial charge < -0.3 is 15.1 Å². The molecule has 4 rings (SSSR count). The first-order chi connectivity index (χ1) is 13.3. The smallest absolute Gasteiger partial charge is 0.236 e. The average molecular weight is 404 g/mol. The number of rotatable bonds is 6. The molecule has 1 N–H and O–H groups in total. The fourth-order valence-corrected chi connectivity index (χ4v) is 5.83. The molecule has 2 heterocycles. The molecule has 1 saturated carbocycles. The second-order valence-electron chi connectivity index (χ2n) is 8.56. The van der Waals surface area contributed by atoms with Crippen molar-refractivity contribution in [3.8, 4) is 0 Å². The number of likely N-dealkylation sites (N-methyl/N-ethyl adjacent to an activating group) is 1. The number of allylic oxidation sites excluding steroid dienone is 1. The molecule has 3 aliphatic rings. The molecule has 6 nitrogen and oxygen atoms in total. The first-order valence-electron chi connectivity index (χ1n) is 10.1. The maximum atomic E-state index is 12.8. The summed E-state index contributed by atoms with van der Waals surface area (Å²) in [7, 11) is 0.408. The van der Waals surface area contributed by atoms with Crippen molar-refractivity contribution in [2.75, 3.05) is 39.0 Å². The molecule has 2 fully saturated rings. The molecule has 1 amide bonds. The third-order valence-electron chi connectivity index (χ3n) is 5.81. The standard InChI is InChI=1S/C21H29N3O3S/c1-23(2)13-20(25)24-10-8-17(9-11-24)22-19-5-3-4-18-16(12-15-6-7-15)14-28(26,27)21(18)19/h3-5,14-15,17,22H,6-13H2,1-2H3. The first kappa shape index (κ1) is 19.5. The number of fused-ring (bicyclic) bond motifs is 1. The van der Waals surface area contributed by atoms with E-state index >= 15 is 0 Å². The number of amides is 1. The van der Waals surface area contributed by atoms with Crippen molar-refractivity contribution in [1.29, 1.82) is 0 Å². The summed E-state index contributed by atoms with van der Waals surface area (Å²) in [4.78, 5) is 16.4. The Morgan fingerprint density at radius 1 is 1.18 bits per heavy atom. The van der Waals surface area contributed by atoms with Crippen LogP contribution in [-0.2, 0) is 14.6 Å². The zero-order chi connectivity index (χ0) is 19.9. The van der Waals surface area contributed by atoms with Crippen LogP contribution in [0.3, 0.4) is 0 Å². The summed E-state index contributed by atoms with van der Waals surface area (Å²) in [6.45, 7) is 1.84. The topological polar surface area (TPSA) is 69.7 Å². The van der Waals surface area contributed by atoms with Crippen molar-refractivity contribution in [2.45, 2.75) is 43.0 Å². The predicted octanol–water partition coefficient (Wildman–Crippen LogP) is 2.58. The van der Waals surface area contributed by atoms with Crippen LogP contribution in [0.4, 0.5) is 5.69 Å². The highest BCUT2D eigenvalue weighted by Gasteiger charge is 2.34. The summed E-state index contributed by atoms with van der Waals surface area (Å²) in [6.07, 6.45) is 4.92. The van der Waals surface area contributed by atoms with Crippen molar-refractivity contribution in [3.63, 3.8) is 0 Å². The molecule has 1 saturated heterocycles. The molecule has 152 valence electrons. The third kappa shape index (κ3) is 4.10. The predicted molar refractivity (Wildman–Crippen MR) is 111 cm³/mol. The number of nitrogens with one attached hydrogen (secondary N) is 1. The molecule has 0 radical (unpaired) electrons. The quantitative estimate of drug-likeness (QED) is 0.791. The zero-order valence-corrected chi connectivity index (χ0v) is 17.5. The lowest BCUT2D eigenvalue weighted by Gasteiger charge is -2.33. The molecule has 28 heavy (non-hydrogen) atoms. The molecule has 0 aromatic heterocycles. The van der Waals surface area contributed by atoms with Crippen LogP contribution in [0.2, 0.25) is 0 Å². The summed E-state index contributed by atoms with van der Waals surface area (Å²) in [5.74, 6) is 0.800. The van der Waals surface area contributed by atoms with Crippen LogP contribution < -0.4 is 5.32 Å². The summed E-state index contributed by atoms with van der Waals surface area (Å²) in [5.41, 5.74) is 2.54.